The number of H-pyrrole nitrogens is 1. The first-order valence-corrected chi connectivity index (χ1v) is 11.5. The van der Waals surface area contributed by atoms with Gasteiger partial charge >= 0.3 is 6.03 Å². The van der Waals surface area contributed by atoms with Gasteiger partial charge in [-0.25, -0.2) is 4.79 Å². The molecule has 0 unspecified atom stereocenters. The maximum atomic E-state index is 12.7. The first-order chi connectivity index (χ1) is 14.5. The van der Waals surface area contributed by atoms with E-state index in [1.807, 2.05) is 18.7 Å². The van der Waals surface area contributed by atoms with Crippen LogP contribution in [0.3, 0.4) is 0 Å². The summed E-state index contributed by atoms with van der Waals surface area (Å²) in [7, 11) is 0. The first kappa shape index (κ1) is 21.2. The fourth-order valence-corrected chi connectivity index (χ4v) is 5.72. The summed E-state index contributed by atoms with van der Waals surface area (Å²) in [5.41, 5.74) is 6.11. The van der Waals surface area contributed by atoms with E-state index in [4.69, 9.17) is 0 Å². The number of aromatic nitrogens is 1. The van der Waals surface area contributed by atoms with Gasteiger partial charge in [0.2, 0.25) is 0 Å². The smallest absolute Gasteiger partial charge is 0.317 e. The molecule has 1 aliphatic carbocycles. The second kappa shape index (κ2) is 8.60. The molecule has 6 nitrogen and oxygen atoms in total. The number of aliphatic hydroxyl groups is 1. The molecule has 1 aromatic heterocycles. The Labute approximate surface area is 179 Å². The van der Waals surface area contributed by atoms with Gasteiger partial charge in [-0.15, -0.1) is 0 Å². The van der Waals surface area contributed by atoms with Crippen molar-refractivity contribution in [1.29, 1.82) is 0 Å². The van der Waals surface area contributed by atoms with E-state index in [0.717, 1.165) is 56.5 Å². The molecule has 2 heterocycles. The van der Waals surface area contributed by atoms with Crippen molar-refractivity contribution >= 4 is 16.9 Å². The molecule has 6 heteroatoms. The average molecular weight is 413 g/mol. The number of carbonyl (C=O) groups excluding carboxylic acids is 1. The van der Waals surface area contributed by atoms with Crippen LogP contribution in [0.1, 0.15) is 61.9 Å². The third kappa shape index (κ3) is 3.60. The highest BCUT2D eigenvalue weighted by Gasteiger charge is 2.41. The van der Waals surface area contributed by atoms with E-state index in [1.54, 1.807) is 0 Å². The molecule has 0 bridgehead atoms. The van der Waals surface area contributed by atoms with Crippen LogP contribution >= 0.6 is 0 Å². The minimum Gasteiger partial charge on any atom is -0.392 e. The van der Waals surface area contributed by atoms with E-state index in [1.165, 1.54) is 22.2 Å². The molecular weight excluding hydrogens is 376 g/mol. The summed E-state index contributed by atoms with van der Waals surface area (Å²) in [5.74, 6) is 0.365. The van der Waals surface area contributed by atoms with Gasteiger partial charge in [0.1, 0.15) is 0 Å². The van der Waals surface area contributed by atoms with Crippen molar-refractivity contribution < 1.29 is 9.90 Å². The fourth-order valence-electron chi connectivity index (χ4n) is 5.72. The van der Waals surface area contributed by atoms with Gasteiger partial charge in [-0.3, -0.25) is 4.90 Å². The van der Waals surface area contributed by atoms with E-state index < -0.39 is 0 Å². The number of likely N-dealkylation sites (tertiary alicyclic amines) is 1. The summed E-state index contributed by atoms with van der Waals surface area (Å²) in [4.78, 5) is 20.8. The largest absolute Gasteiger partial charge is 0.392 e. The van der Waals surface area contributed by atoms with Crippen molar-refractivity contribution in [2.24, 2.45) is 0 Å². The first-order valence-electron chi connectivity index (χ1n) is 11.5. The molecular formula is C24H36N4O2. The topological polar surface area (TPSA) is 71.6 Å². The summed E-state index contributed by atoms with van der Waals surface area (Å²) in [6.45, 7) is 11.9. The molecule has 0 saturated carbocycles. The monoisotopic (exact) mass is 412 g/mol. The number of urea groups is 1. The van der Waals surface area contributed by atoms with Crippen LogP contribution in [-0.4, -0.2) is 64.2 Å². The number of carbonyl (C=O) groups is 1. The van der Waals surface area contributed by atoms with E-state index in [9.17, 15) is 9.90 Å². The highest BCUT2D eigenvalue weighted by atomic mass is 16.3. The third-order valence-electron chi connectivity index (χ3n) is 7.12. The van der Waals surface area contributed by atoms with Crippen LogP contribution in [-0.2, 0) is 13.0 Å². The van der Waals surface area contributed by atoms with Gasteiger partial charge in [0, 0.05) is 54.2 Å². The number of piperidine rings is 1. The number of benzene rings is 1. The number of hydrogen-bond acceptors (Lipinski definition) is 3. The van der Waals surface area contributed by atoms with Crippen molar-refractivity contribution in [1.82, 2.24) is 20.1 Å². The number of amides is 2. The standard InChI is InChI=1S/C24H36N4O2/c1-5-8-28-13-17(26-24(30)27(6-2)7-3)11-19-20-9-16(14-29)10-21-23(20)18(12-22(19)28)15(4)25-21/h9-10,17,19,22,25,29H,5-8,11-14H2,1-4H3,(H,26,30)/t17-,19+,22+/m0/s1. The Kier molecular flexibility index (Phi) is 6.07. The number of aliphatic hydroxyl groups excluding tert-OH is 1. The highest BCUT2D eigenvalue weighted by Crippen LogP contribution is 2.45. The lowest BCUT2D eigenvalue weighted by molar-refractivity contribution is 0.0978. The summed E-state index contributed by atoms with van der Waals surface area (Å²) < 4.78 is 0. The number of nitrogens with one attached hydrogen (secondary N) is 2. The highest BCUT2D eigenvalue weighted by molar-refractivity contribution is 5.90. The lowest BCUT2D eigenvalue weighted by Crippen LogP contribution is -2.58. The summed E-state index contributed by atoms with van der Waals surface area (Å²) in [5, 5.41) is 14.5. The van der Waals surface area contributed by atoms with Crippen LogP contribution in [0.25, 0.3) is 10.9 Å². The molecule has 1 fully saturated rings. The Morgan fingerprint density at radius 1 is 1.30 bits per heavy atom. The van der Waals surface area contributed by atoms with Crippen molar-refractivity contribution in [2.45, 2.75) is 71.6 Å². The predicted octanol–water partition coefficient (Wildman–Crippen LogP) is 3.51. The van der Waals surface area contributed by atoms with E-state index in [-0.39, 0.29) is 18.7 Å². The molecule has 0 spiro atoms. The number of aryl methyl sites for hydroxylation is 1. The van der Waals surface area contributed by atoms with Crippen LogP contribution < -0.4 is 5.32 Å². The lowest BCUT2D eigenvalue weighted by atomic mass is 9.73. The maximum Gasteiger partial charge on any atom is 0.317 e. The minimum absolute atomic E-state index is 0.0446. The molecule has 30 heavy (non-hydrogen) atoms. The molecule has 1 saturated heterocycles. The molecule has 3 N–H and O–H groups in total. The minimum atomic E-state index is 0.0446. The zero-order valence-corrected chi connectivity index (χ0v) is 18.8. The molecule has 4 rings (SSSR count). The van der Waals surface area contributed by atoms with Crippen LogP contribution in [0.15, 0.2) is 12.1 Å². The molecule has 1 aliphatic heterocycles. The van der Waals surface area contributed by atoms with Gasteiger partial charge in [-0.2, -0.15) is 0 Å². The Morgan fingerprint density at radius 3 is 2.73 bits per heavy atom. The van der Waals surface area contributed by atoms with Crippen molar-refractivity contribution in [2.75, 3.05) is 26.2 Å². The summed E-state index contributed by atoms with van der Waals surface area (Å²) in [6.07, 6.45) is 3.11. The maximum absolute atomic E-state index is 12.7. The summed E-state index contributed by atoms with van der Waals surface area (Å²) >= 11 is 0. The molecule has 2 aliphatic rings. The van der Waals surface area contributed by atoms with Crippen LogP contribution in [0.4, 0.5) is 4.79 Å². The SMILES string of the molecule is CCCN1C[C@@H](NC(=O)N(CC)CC)C[C@@H]2c3cc(CO)cc4[nH]c(C)c(c34)C[C@H]21. The van der Waals surface area contributed by atoms with Gasteiger partial charge in [-0.1, -0.05) is 13.0 Å². The summed E-state index contributed by atoms with van der Waals surface area (Å²) in [6, 6.07) is 4.92. The Morgan fingerprint density at radius 2 is 2.07 bits per heavy atom. The van der Waals surface area contributed by atoms with Crippen molar-refractivity contribution in [3.8, 4) is 0 Å². The van der Waals surface area contributed by atoms with Crippen molar-refractivity contribution in [3.63, 3.8) is 0 Å². The zero-order valence-electron chi connectivity index (χ0n) is 18.8. The Balaban J connectivity index is 1.71. The number of rotatable bonds is 6. The van der Waals surface area contributed by atoms with Gasteiger partial charge < -0.3 is 20.3 Å². The average Bonchev–Trinajstić information content (AvgIpc) is 3.05. The van der Waals surface area contributed by atoms with E-state index >= 15 is 0 Å². The van der Waals surface area contributed by atoms with E-state index in [0.29, 0.717) is 12.0 Å². The van der Waals surface area contributed by atoms with Crippen LogP contribution in [0, 0.1) is 6.92 Å². The van der Waals surface area contributed by atoms with Gasteiger partial charge in [0.15, 0.2) is 0 Å². The van der Waals surface area contributed by atoms with Crippen LogP contribution in [0.5, 0.6) is 0 Å². The third-order valence-corrected chi connectivity index (χ3v) is 7.12. The molecule has 2 amide bonds. The van der Waals surface area contributed by atoms with Crippen LogP contribution in [0.2, 0.25) is 0 Å². The number of hydrogen-bond donors (Lipinski definition) is 3. The lowest BCUT2D eigenvalue weighted by Gasteiger charge is -2.47. The number of fused-ring (bicyclic) bond motifs is 2. The van der Waals surface area contributed by atoms with Gasteiger partial charge in [0.05, 0.1) is 6.61 Å². The molecule has 3 atom stereocenters. The number of nitrogens with zero attached hydrogens (tertiary/aromatic N) is 2. The fraction of sp³-hybridized carbons (Fsp3) is 0.625. The second-order valence-electron chi connectivity index (χ2n) is 8.92. The predicted molar refractivity (Wildman–Crippen MR) is 121 cm³/mol. The number of aromatic amines is 1. The molecule has 164 valence electrons. The molecule has 1 aromatic carbocycles. The molecule has 0 radical (unpaired) electrons. The van der Waals surface area contributed by atoms with Gasteiger partial charge in [0.25, 0.3) is 0 Å². The molecule has 2 aromatic rings. The van der Waals surface area contributed by atoms with Gasteiger partial charge in [-0.05, 0) is 69.3 Å². The Bertz CT molecular complexity index is 918. The second-order valence-corrected chi connectivity index (χ2v) is 8.92. The zero-order chi connectivity index (χ0) is 21.4. The van der Waals surface area contributed by atoms with Crippen molar-refractivity contribution in [3.05, 3.63) is 34.5 Å². The quantitative estimate of drug-likeness (QED) is 0.680. The van der Waals surface area contributed by atoms with E-state index in [2.05, 4.69) is 41.2 Å². The normalized spacial score (nSPS) is 23.4. The Hall–Kier alpha value is -2.05.